The molecular weight excluding hydrogens is 362 g/mol. The third-order valence-electron chi connectivity index (χ3n) is 5.24. The largest absolute Gasteiger partial charge is 0.339 e. The molecule has 1 aliphatic carbocycles. The van der Waals surface area contributed by atoms with Crippen LogP contribution in [0.3, 0.4) is 0 Å². The molecular formula is C20H25N3O3S. The molecule has 1 saturated carbocycles. The Kier molecular flexibility index (Phi) is 5.14. The van der Waals surface area contributed by atoms with Crippen molar-refractivity contribution >= 4 is 16.1 Å². The third-order valence-corrected chi connectivity index (χ3v) is 6.77. The zero-order chi connectivity index (χ0) is 18.9. The summed E-state index contributed by atoms with van der Waals surface area (Å²) in [6, 6.07) is 7.80. The van der Waals surface area contributed by atoms with Crippen LogP contribution in [0.1, 0.15) is 54.4 Å². The minimum absolute atomic E-state index is 0.216. The Hall–Kier alpha value is -1.99. The monoisotopic (exact) mass is 387 g/mol. The van der Waals surface area contributed by atoms with E-state index in [4.69, 9.17) is 4.52 Å². The summed E-state index contributed by atoms with van der Waals surface area (Å²) in [6.07, 6.45) is 6.43. The minimum Gasteiger partial charge on any atom is -0.339 e. The highest BCUT2D eigenvalue weighted by atomic mass is 32.2. The Morgan fingerprint density at radius 2 is 2.00 bits per heavy atom. The summed E-state index contributed by atoms with van der Waals surface area (Å²) < 4.78 is 32.4. The van der Waals surface area contributed by atoms with Gasteiger partial charge in [-0.15, -0.1) is 0 Å². The van der Waals surface area contributed by atoms with Gasteiger partial charge in [0.1, 0.15) is 0 Å². The summed E-state index contributed by atoms with van der Waals surface area (Å²) >= 11 is 0. The molecule has 0 amide bonds. The number of piperidine rings is 1. The van der Waals surface area contributed by atoms with Gasteiger partial charge in [-0.25, -0.2) is 8.42 Å². The normalized spacial score (nSPS) is 21.7. The van der Waals surface area contributed by atoms with E-state index in [-0.39, 0.29) is 5.92 Å². The van der Waals surface area contributed by atoms with Crippen molar-refractivity contribution in [1.82, 2.24) is 14.4 Å². The first-order valence-electron chi connectivity index (χ1n) is 9.57. The molecule has 0 spiro atoms. The van der Waals surface area contributed by atoms with E-state index in [1.54, 1.807) is 10.4 Å². The fraction of sp³-hybridized carbons (Fsp3) is 0.500. The van der Waals surface area contributed by atoms with Gasteiger partial charge >= 0.3 is 0 Å². The Labute approximate surface area is 160 Å². The first-order valence-corrected chi connectivity index (χ1v) is 11.1. The maximum Gasteiger partial charge on any atom is 0.236 e. The smallest absolute Gasteiger partial charge is 0.236 e. The SMILES string of the molecule is Cc1ccc(C=CS(=O)(=O)N2CCCC(Cc3nc(C4CC4)no3)C2)cc1. The molecule has 2 heterocycles. The lowest BCUT2D eigenvalue weighted by atomic mass is 9.96. The van der Waals surface area contributed by atoms with Crippen molar-refractivity contribution in [3.05, 3.63) is 52.5 Å². The maximum absolute atomic E-state index is 12.7. The van der Waals surface area contributed by atoms with Crippen LogP contribution in [-0.2, 0) is 16.4 Å². The van der Waals surface area contributed by atoms with Crippen LogP contribution in [0.4, 0.5) is 0 Å². The fourth-order valence-corrected chi connectivity index (χ4v) is 4.76. The van der Waals surface area contributed by atoms with Gasteiger partial charge in [0.2, 0.25) is 15.9 Å². The molecule has 1 aromatic carbocycles. The third kappa shape index (κ3) is 4.65. The molecule has 0 bridgehead atoms. The molecule has 1 atom stereocenters. The molecule has 0 N–H and O–H groups in total. The summed E-state index contributed by atoms with van der Waals surface area (Å²) in [5.74, 6) is 2.13. The van der Waals surface area contributed by atoms with E-state index >= 15 is 0 Å². The number of nitrogens with zero attached hydrogens (tertiary/aromatic N) is 3. The zero-order valence-electron chi connectivity index (χ0n) is 15.5. The Bertz CT molecular complexity index is 914. The lowest BCUT2D eigenvalue weighted by Crippen LogP contribution is -2.39. The van der Waals surface area contributed by atoms with Crippen molar-refractivity contribution in [2.75, 3.05) is 13.1 Å². The summed E-state index contributed by atoms with van der Waals surface area (Å²) in [4.78, 5) is 4.48. The van der Waals surface area contributed by atoms with Crippen LogP contribution >= 0.6 is 0 Å². The molecule has 1 unspecified atom stereocenters. The number of aryl methyl sites for hydroxylation is 1. The van der Waals surface area contributed by atoms with Gasteiger partial charge in [-0.2, -0.15) is 9.29 Å². The second-order valence-corrected chi connectivity index (χ2v) is 9.47. The van der Waals surface area contributed by atoms with Crippen molar-refractivity contribution in [1.29, 1.82) is 0 Å². The summed E-state index contributed by atoms with van der Waals surface area (Å²) in [5.41, 5.74) is 2.04. The van der Waals surface area contributed by atoms with E-state index in [0.29, 0.717) is 31.3 Å². The van der Waals surface area contributed by atoms with Crippen LogP contribution in [0.2, 0.25) is 0 Å². The number of benzene rings is 1. The van der Waals surface area contributed by atoms with Crippen molar-refractivity contribution in [3.63, 3.8) is 0 Å². The number of sulfonamides is 1. The second kappa shape index (κ2) is 7.56. The van der Waals surface area contributed by atoms with Gasteiger partial charge in [0.15, 0.2) is 5.82 Å². The zero-order valence-corrected chi connectivity index (χ0v) is 16.4. The standard InChI is InChI=1S/C20H25N3O3S/c1-15-4-6-16(7-5-15)10-12-27(24,25)23-11-2-3-17(14-23)13-19-21-20(22-26-19)18-8-9-18/h4-7,10,12,17-18H,2-3,8-9,11,13-14H2,1H3. The Balaban J connectivity index is 1.39. The summed E-state index contributed by atoms with van der Waals surface area (Å²) in [6.45, 7) is 3.07. The van der Waals surface area contributed by atoms with Crippen molar-refractivity contribution in [3.8, 4) is 0 Å². The van der Waals surface area contributed by atoms with E-state index < -0.39 is 10.0 Å². The molecule has 1 aromatic heterocycles. The minimum atomic E-state index is -3.43. The summed E-state index contributed by atoms with van der Waals surface area (Å²) in [5, 5.41) is 5.37. The lowest BCUT2D eigenvalue weighted by Gasteiger charge is -2.30. The first-order chi connectivity index (χ1) is 13.0. The Morgan fingerprint density at radius 1 is 1.22 bits per heavy atom. The molecule has 2 aromatic rings. The molecule has 6 nitrogen and oxygen atoms in total. The van der Waals surface area contributed by atoms with Crippen molar-refractivity contribution < 1.29 is 12.9 Å². The molecule has 4 rings (SSSR count). The van der Waals surface area contributed by atoms with Gasteiger partial charge in [-0.1, -0.05) is 35.0 Å². The van der Waals surface area contributed by atoms with Gasteiger partial charge in [-0.3, -0.25) is 0 Å². The highest BCUT2D eigenvalue weighted by Gasteiger charge is 2.31. The van der Waals surface area contributed by atoms with E-state index in [1.165, 1.54) is 5.41 Å². The number of aromatic nitrogens is 2. The lowest BCUT2D eigenvalue weighted by molar-refractivity contribution is 0.248. The highest BCUT2D eigenvalue weighted by Crippen LogP contribution is 2.38. The molecule has 0 radical (unpaired) electrons. The number of hydrogen-bond acceptors (Lipinski definition) is 5. The van der Waals surface area contributed by atoms with Crippen LogP contribution in [0.15, 0.2) is 34.2 Å². The van der Waals surface area contributed by atoms with E-state index in [2.05, 4.69) is 10.1 Å². The topological polar surface area (TPSA) is 76.3 Å². The summed E-state index contributed by atoms with van der Waals surface area (Å²) in [7, 11) is -3.43. The molecule has 2 aliphatic rings. The number of hydrogen-bond donors (Lipinski definition) is 0. The van der Waals surface area contributed by atoms with Crippen molar-refractivity contribution in [2.24, 2.45) is 5.92 Å². The molecule has 144 valence electrons. The fourth-order valence-electron chi connectivity index (χ4n) is 3.46. The first kappa shape index (κ1) is 18.4. The van der Waals surface area contributed by atoms with E-state index in [1.807, 2.05) is 31.2 Å². The molecule has 1 saturated heterocycles. The Morgan fingerprint density at radius 3 is 2.74 bits per heavy atom. The van der Waals surface area contributed by atoms with Gasteiger partial charge < -0.3 is 4.52 Å². The average Bonchev–Trinajstić information content (AvgIpc) is 3.41. The highest BCUT2D eigenvalue weighted by molar-refractivity contribution is 7.92. The van der Waals surface area contributed by atoms with Gasteiger partial charge in [0.25, 0.3) is 0 Å². The van der Waals surface area contributed by atoms with Gasteiger partial charge in [-0.05, 0) is 50.2 Å². The van der Waals surface area contributed by atoms with Crippen LogP contribution in [-0.4, -0.2) is 36.0 Å². The second-order valence-electron chi connectivity index (χ2n) is 7.65. The van der Waals surface area contributed by atoms with Gasteiger partial charge in [0.05, 0.1) is 0 Å². The average molecular weight is 388 g/mol. The van der Waals surface area contributed by atoms with E-state index in [9.17, 15) is 8.42 Å². The van der Waals surface area contributed by atoms with E-state index in [0.717, 1.165) is 42.6 Å². The quantitative estimate of drug-likeness (QED) is 0.758. The van der Waals surface area contributed by atoms with Crippen LogP contribution in [0, 0.1) is 12.8 Å². The van der Waals surface area contributed by atoms with Gasteiger partial charge in [0, 0.05) is 30.8 Å². The predicted molar refractivity (Wildman–Crippen MR) is 103 cm³/mol. The predicted octanol–water partition coefficient (Wildman–Crippen LogP) is 3.51. The van der Waals surface area contributed by atoms with Crippen LogP contribution in [0.5, 0.6) is 0 Å². The molecule has 1 aliphatic heterocycles. The molecule has 27 heavy (non-hydrogen) atoms. The van der Waals surface area contributed by atoms with Crippen LogP contribution < -0.4 is 0 Å². The van der Waals surface area contributed by atoms with Crippen LogP contribution in [0.25, 0.3) is 6.08 Å². The molecule has 2 fully saturated rings. The maximum atomic E-state index is 12.7. The number of rotatable bonds is 6. The van der Waals surface area contributed by atoms with Crippen molar-refractivity contribution in [2.45, 2.75) is 44.9 Å². The molecule has 7 heteroatoms.